The molecule has 0 amide bonds. The maximum absolute atomic E-state index is 8.48. The van der Waals surface area contributed by atoms with Gasteiger partial charge in [0.2, 0.25) is 0 Å². The first kappa shape index (κ1) is 20.8. The lowest BCUT2D eigenvalue weighted by Crippen LogP contribution is -2.32. The van der Waals surface area contributed by atoms with Gasteiger partial charge in [0.05, 0.1) is 25.2 Å². The van der Waals surface area contributed by atoms with E-state index in [0.717, 1.165) is 7.11 Å². The van der Waals surface area contributed by atoms with E-state index in [-0.39, 0.29) is 25.2 Å². The summed E-state index contributed by atoms with van der Waals surface area (Å²) in [7, 11) is 1.00. The van der Waals surface area contributed by atoms with Crippen LogP contribution in [0.2, 0.25) is 0 Å². The fourth-order valence-corrected chi connectivity index (χ4v) is 0.760. The van der Waals surface area contributed by atoms with Gasteiger partial charge in [0, 0.05) is 26.7 Å². The molecule has 0 aromatic heterocycles. The van der Waals surface area contributed by atoms with Crippen molar-refractivity contribution in [1.29, 1.82) is 0 Å². The minimum absolute atomic E-state index is 0.0694. The van der Waals surface area contributed by atoms with Gasteiger partial charge in [-0.25, -0.2) is 0 Å². The normalized spacial score (nSPS) is 8.80. The Balaban J connectivity index is -0.000000245. The summed E-state index contributed by atoms with van der Waals surface area (Å²) in [6, 6.07) is 0. The van der Waals surface area contributed by atoms with Crippen LogP contribution in [0.25, 0.3) is 0 Å². The van der Waals surface area contributed by atoms with Gasteiger partial charge in [0.1, 0.15) is 0 Å². The Hall–Kier alpha value is 0.380. The van der Waals surface area contributed by atoms with Gasteiger partial charge in [-0.1, -0.05) is 0 Å². The number of aliphatic hydroxyl groups excluding tert-OH is 4. The van der Waals surface area contributed by atoms with E-state index in [1.54, 1.807) is 4.90 Å². The standard InChI is InChI=1S/C6H15NO3.CH2Cl2.CH4O/c8-4-1-7(2-5-9)3-6-10;2-1-3;1-2/h8-10H,1-6H2;1H2;2H,1H3. The first-order valence-corrected chi connectivity index (χ1v) is 5.45. The largest absolute Gasteiger partial charge is 0.400 e. The molecule has 0 spiro atoms. The second kappa shape index (κ2) is 23.9. The van der Waals surface area contributed by atoms with Gasteiger partial charge in [0.15, 0.2) is 0 Å². The second-order valence-corrected chi connectivity index (χ2v) is 2.92. The lowest BCUT2D eigenvalue weighted by atomic mass is 10.4. The summed E-state index contributed by atoms with van der Waals surface area (Å²) >= 11 is 9.53. The molecule has 0 aliphatic carbocycles. The van der Waals surface area contributed by atoms with Crippen LogP contribution in [0.3, 0.4) is 0 Å². The van der Waals surface area contributed by atoms with Crippen LogP contribution >= 0.6 is 23.2 Å². The summed E-state index contributed by atoms with van der Waals surface area (Å²) in [4.78, 5) is 1.79. The Morgan fingerprint density at radius 3 is 1.13 bits per heavy atom. The number of alkyl halides is 2. The third kappa shape index (κ3) is 25.0. The number of rotatable bonds is 6. The molecule has 0 saturated carbocycles. The van der Waals surface area contributed by atoms with E-state index >= 15 is 0 Å². The van der Waals surface area contributed by atoms with Gasteiger partial charge in [-0.2, -0.15) is 0 Å². The molecule has 0 aliphatic heterocycles. The van der Waals surface area contributed by atoms with Crippen LogP contribution in [-0.2, 0) is 0 Å². The summed E-state index contributed by atoms with van der Waals surface area (Å²) in [5, 5.41) is 32.6. The maximum Gasteiger partial charge on any atom is 0.0967 e. The van der Waals surface area contributed by atoms with Crippen molar-refractivity contribution in [3.05, 3.63) is 0 Å². The maximum atomic E-state index is 8.48. The van der Waals surface area contributed by atoms with Crippen LogP contribution < -0.4 is 0 Å². The topological polar surface area (TPSA) is 84.2 Å². The van der Waals surface area contributed by atoms with E-state index in [2.05, 4.69) is 0 Å². The molecule has 0 heterocycles. The van der Waals surface area contributed by atoms with E-state index in [0.29, 0.717) is 19.6 Å². The number of aliphatic hydroxyl groups is 4. The van der Waals surface area contributed by atoms with E-state index in [1.165, 1.54) is 0 Å². The fourth-order valence-electron chi connectivity index (χ4n) is 0.760. The molecule has 0 bridgehead atoms. The highest BCUT2D eigenvalue weighted by Gasteiger charge is 2.00. The minimum Gasteiger partial charge on any atom is -0.400 e. The lowest BCUT2D eigenvalue weighted by molar-refractivity contribution is 0.136. The number of hydrogen-bond acceptors (Lipinski definition) is 5. The molecule has 0 saturated heterocycles. The predicted molar refractivity (Wildman–Crippen MR) is 62.4 cm³/mol. The van der Waals surface area contributed by atoms with Crippen LogP contribution in [-0.4, -0.2) is 77.2 Å². The molecule has 0 radical (unpaired) electrons. The summed E-state index contributed by atoms with van der Waals surface area (Å²) < 4.78 is 0. The van der Waals surface area contributed by atoms with Crippen molar-refractivity contribution < 1.29 is 20.4 Å². The molecule has 0 fully saturated rings. The molecule has 0 atom stereocenters. The summed E-state index contributed by atoms with van der Waals surface area (Å²) in [5.74, 6) is 0. The van der Waals surface area contributed by atoms with Gasteiger partial charge in [-0.05, 0) is 0 Å². The Morgan fingerprint density at radius 1 is 0.800 bits per heavy atom. The van der Waals surface area contributed by atoms with E-state index < -0.39 is 0 Å². The smallest absolute Gasteiger partial charge is 0.0967 e. The van der Waals surface area contributed by atoms with Crippen molar-refractivity contribution in [2.24, 2.45) is 0 Å². The molecule has 0 aromatic carbocycles. The average molecular weight is 266 g/mol. The van der Waals surface area contributed by atoms with Crippen molar-refractivity contribution >= 4 is 23.2 Å². The second-order valence-electron chi connectivity index (χ2n) is 2.11. The summed E-state index contributed by atoms with van der Waals surface area (Å²) in [6.07, 6.45) is 0. The third-order valence-corrected chi connectivity index (χ3v) is 1.25. The van der Waals surface area contributed by atoms with Crippen LogP contribution in [0, 0.1) is 0 Å². The third-order valence-electron chi connectivity index (χ3n) is 1.25. The van der Waals surface area contributed by atoms with E-state index in [4.69, 9.17) is 43.6 Å². The van der Waals surface area contributed by atoms with Crippen LogP contribution in [0.4, 0.5) is 0 Å². The molecule has 15 heavy (non-hydrogen) atoms. The van der Waals surface area contributed by atoms with E-state index in [9.17, 15) is 0 Å². The van der Waals surface area contributed by atoms with Crippen molar-refractivity contribution in [3.63, 3.8) is 0 Å². The molecular weight excluding hydrogens is 245 g/mol. The first-order valence-electron chi connectivity index (χ1n) is 4.38. The minimum atomic E-state index is 0.0694. The molecule has 96 valence electrons. The molecule has 0 aromatic rings. The SMILES string of the molecule is CO.ClCCl.OCCN(CCO)CCO. The van der Waals surface area contributed by atoms with E-state index in [1.807, 2.05) is 0 Å². The summed E-state index contributed by atoms with van der Waals surface area (Å²) in [5.41, 5.74) is 0. The lowest BCUT2D eigenvalue weighted by Gasteiger charge is -2.17. The van der Waals surface area contributed by atoms with Gasteiger partial charge in [-0.3, -0.25) is 4.90 Å². The quantitative estimate of drug-likeness (QED) is 0.478. The zero-order valence-electron chi connectivity index (χ0n) is 8.94. The molecule has 7 heteroatoms. The number of halogens is 2. The molecule has 0 aliphatic rings. The zero-order chi connectivity index (χ0) is 12.5. The highest BCUT2D eigenvalue weighted by Crippen LogP contribution is 1.84. The number of hydrogen-bond donors (Lipinski definition) is 4. The Labute approximate surface area is 101 Å². The zero-order valence-corrected chi connectivity index (χ0v) is 10.5. The first-order chi connectivity index (χ1) is 7.26. The Kier molecular flexibility index (Phi) is 33.1. The Morgan fingerprint density at radius 2 is 1.00 bits per heavy atom. The highest BCUT2D eigenvalue weighted by molar-refractivity contribution is 6.40. The average Bonchev–Trinajstić information content (AvgIpc) is 2.23. The molecule has 0 rings (SSSR count). The Bertz CT molecular complexity index is 76.8. The van der Waals surface area contributed by atoms with Gasteiger partial charge >= 0.3 is 0 Å². The van der Waals surface area contributed by atoms with Gasteiger partial charge < -0.3 is 20.4 Å². The van der Waals surface area contributed by atoms with Crippen LogP contribution in [0.15, 0.2) is 0 Å². The van der Waals surface area contributed by atoms with Crippen LogP contribution in [0.5, 0.6) is 0 Å². The predicted octanol–water partition coefficient (Wildman–Crippen LogP) is -0.705. The highest BCUT2D eigenvalue weighted by atomic mass is 35.5. The van der Waals surface area contributed by atoms with Gasteiger partial charge in [0.25, 0.3) is 0 Å². The van der Waals surface area contributed by atoms with Crippen molar-refractivity contribution in [3.8, 4) is 0 Å². The molecule has 5 nitrogen and oxygen atoms in total. The van der Waals surface area contributed by atoms with Crippen molar-refractivity contribution in [2.45, 2.75) is 0 Å². The molecular formula is C8H21Cl2NO4. The monoisotopic (exact) mass is 265 g/mol. The fraction of sp³-hybridized carbons (Fsp3) is 1.00. The number of nitrogens with zero attached hydrogens (tertiary/aromatic N) is 1. The van der Waals surface area contributed by atoms with Crippen molar-refractivity contribution in [2.75, 3.05) is 51.9 Å². The van der Waals surface area contributed by atoms with Gasteiger partial charge in [-0.15, -0.1) is 23.2 Å². The summed E-state index contributed by atoms with van der Waals surface area (Å²) in [6.45, 7) is 1.75. The molecule has 4 N–H and O–H groups in total. The molecule has 0 unspecified atom stereocenters. The van der Waals surface area contributed by atoms with Crippen molar-refractivity contribution in [1.82, 2.24) is 4.90 Å². The van der Waals surface area contributed by atoms with Crippen LogP contribution in [0.1, 0.15) is 0 Å².